The van der Waals surface area contributed by atoms with Gasteiger partial charge in [-0.2, -0.15) is 0 Å². The zero-order valence-corrected chi connectivity index (χ0v) is 68.0. The summed E-state index contributed by atoms with van der Waals surface area (Å²) in [6, 6.07) is 0. The third-order valence-corrected chi connectivity index (χ3v) is 30.6. The topological polar surface area (TPSA) is 210 Å². The van der Waals surface area contributed by atoms with Gasteiger partial charge in [-0.3, -0.25) is 19.2 Å². The first-order valence-electron chi connectivity index (χ1n) is 42.6. The summed E-state index contributed by atoms with van der Waals surface area (Å²) >= 11 is 0. The van der Waals surface area contributed by atoms with Crippen molar-refractivity contribution in [1.29, 1.82) is 0 Å². The van der Waals surface area contributed by atoms with E-state index in [4.69, 9.17) is 37.9 Å². The van der Waals surface area contributed by atoms with Crippen LogP contribution in [-0.2, 0) is 76.3 Å². The molecule has 0 spiro atoms. The molecular weight excluding hydrogens is 1310 g/mol. The summed E-state index contributed by atoms with van der Waals surface area (Å²) in [7, 11) is 0. The zero-order chi connectivity index (χ0) is 75.7. The molecule has 0 aromatic rings. The van der Waals surface area contributed by atoms with E-state index < -0.39 is 21.7 Å². The summed E-state index contributed by atoms with van der Waals surface area (Å²) in [6.07, 6.45) is 36.7. The quantitative estimate of drug-likeness (QED) is 0.0553. The predicted octanol–water partition coefficient (Wildman–Crippen LogP) is 18.9. The van der Waals surface area contributed by atoms with Crippen molar-refractivity contribution < 1.29 is 76.3 Å². The Labute approximate surface area is 627 Å². The molecule has 0 aromatic heterocycles. The number of ether oxygens (including phenoxy) is 8. The molecule has 0 aromatic carbocycles. The SMILES string of the molecule is CCC(C)(C)C(=O)OCC(=O)OC1(C(C)C)C2CC3CC(C2)CC1C3.CCC(C)(C)C(=O)OCC(=O)OC1(C2CCCC2)C2CC3CC(C2)CC1C3.CCC(C)(C)C(=O)OCC(=O)OC1(CC(C)C)C2CC3CC(C2)CC1C3.CCCCC1(OC(=O)COC(=O)C(C)(C)CC)C2CC3CC(C2)CC1C3. The van der Waals surface area contributed by atoms with E-state index in [1.54, 1.807) is 0 Å². The Kier molecular flexibility index (Phi) is 26.2. The van der Waals surface area contributed by atoms with E-state index in [0.717, 1.165) is 73.0 Å². The maximum absolute atomic E-state index is 12.8. The van der Waals surface area contributed by atoms with E-state index in [1.165, 1.54) is 154 Å². The van der Waals surface area contributed by atoms with Gasteiger partial charge in [0.15, 0.2) is 26.4 Å². The van der Waals surface area contributed by atoms with Gasteiger partial charge >= 0.3 is 47.8 Å². The van der Waals surface area contributed by atoms with Gasteiger partial charge in [0.1, 0.15) is 22.4 Å². The van der Waals surface area contributed by atoms with E-state index >= 15 is 0 Å². The minimum Gasteiger partial charge on any atom is -0.456 e. The van der Waals surface area contributed by atoms with E-state index in [2.05, 4.69) is 34.6 Å². The van der Waals surface area contributed by atoms with Crippen LogP contribution in [0.25, 0.3) is 0 Å². The molecule has 0 N–H and O–H groups in total. The lowest BCUT2D eigenvalue weighted by molar-refractivity contribution is -0.231. The van der Waals surface area contributed by atoms with Crippen LogP contribution in [0.2, 0.25) is 0 Å². The first kappa shape index (κ1) is 82.3. The van der Waals surface area contributed by atoms with Crippen LogP contribution >= 0.6 is 0 Å². The lowest BCUT2D eigenvalue weighted by atomic mass is 9.47. The standard InChI is InChI=1S/C23H36O4.2C22H36O4.C21H34O4/c1-4-22(2,3)21(25)26-14-20(24)27-23(17-7-5-6-8-17)18-10-15-9-16(12-18)13-19(23)11-15;1-6-21(4,5)20(24)25-13-19(23)26-22(12-14(2)3)17-8-15-7-16(10-17)11-18(22)9-15;1-5-7-8-22(17-10-15-9-16(12-17)13-18(22)11-15)26-19(23)14-25-20(24)21(3,4)6-2;1-6-20(4,5)19(23)24-12-18(22)25-21(13(2)3)16-8-14-7-15(10-16)11-17(21)9-14/h15-19H,4-14H2,1-3H3;14-18H,6-13H2,1-5H3;15-18H,5-14H2,1-4H3;13-17H,6-12H2,1-5H3. The predicted molar refractivity (Wildman–Crippen MR) is 399 cm³/mol. The Balaban J connectivity index is 0.000000149. The van der Waals surface area contributed by atoms with Crippen molar-refractivity contribution in [2.45, 2.75) is 346 Å². The first-order valence-corrected chi connectivity index (χ1v) is 42.6. The van der Waals surface area contributed by atoms with Crippen molar-refractivity contribution in [3.8, 4) is 0 Å². The van der Waals surface area contributed by atoms with Gasteiger partial charge in [0.05, 0.1) is 21.7 Å². The van der Waals surface area contributed by atoms with Crippen LogP contribution in [0.15, 0.2) is 0 Å². The normalized spacial score (nSPS) is 36.5. The van der Waals surface area contributed by atoms with Gasteiger partial charge in [-0.15, -0.1) is 0 Å². The summed E-state index contributed by atoms with van der Waals surface area (Å²) in [4.78, 5) is 99.3. The van der Waals surface area contributed by atoms with E-state index in [-0.39, 0.29) is 96.6 Å². The molecule has 590 valence electrons. The van der Waals surface area contributed by atoms with Gasteiger partial charge in [0, 0.05) is 0 Å². The highest BCUT2D eigenvalue weighted by molar-refractivity contribution is 5.82. The molecule has 0 saturated heterocycles. The largest absolute Gasteiger partial charge is 0.456 e. The molecule has 104 heavy (non-hydrogen) atoms. The molecule has 0 atom stereocenters. The fourth-order valence-corrected chi connectivity index (χ4v) is 24.4. The fraction of sp³-hybridized carbons (Fsp3) is 0.909. The first-order chi connectivity index (χ1) is 49.0. The Hall–Kier alpha value is -4.24. The van der Waals surface area contributed by atoms with Crippen LogP contribution in [0.3, 0.4) is 0 Å². The van der Waals surface area contributed by atoms with Crippen molar-refractivity contribution in [2.75, 3.05) is 26.4 Å². The summed E-state index contributed by atoms with van der Waals surface area (Å²) in [6.45, 7) is 32.6. The van der Waals surface area contributed by atoms with Gasteiger partial charge in [-0.25, -0.2) is 19.2 Å². The van der Waals surface area contributed by atoms with Crippen LogP contribution in [0.5, 0.6) is 0 Å². The number of unbranched alkanes of at least 4 members (excludes halogenated alkanes) is 1. The van der Waals surface area contributed by atoms with Crippen molar-refractivity contribution in [1.82, 2.24) is 0 Å². The highest BCUT2D eigenvalue weighted by Crippen LogP contribution is 2.66. The Morgan fingerprint density at radius 2 is 0.606 bits per heavy atom. The van der Waals surface area contributed by atoms with Gasteiger partial charge in [0.25, 0.3) is 0 Å². The highest BCUT2D eigenvalue weighted by atomic mass is 16.6. The number of rotatable bonds is 27. The second kappa shape index (κ2) is 33.1. The van der Waals surface area contributed by atoms with Crippen molar-refractivity contribution in [3.63, 3.8) is 0 Å². The smallest absolute Gasteiger partial charge is 0.344 e. The molecule has 17 aliphatic carbocycles. The maximum atomic E-state index is 12.8. The van der Waals surface area contributed by atoms with E-state index in [9.17, 15) is 38.4 Å². The summed E-state index contributed by atoms with van der Waals surface area (Å²) in [5.74, 6) is 9.37. The molecule has 0 heterocycles. The molecule has 17 fully saturated rings. The third-order valence-electron chi connectivity index (χ3n) is 30.6. The van der Waals surface area contributed by atoms with E-state index in [1.807, 2.05) is 83.1 Å². The molecule has 16 heteroatoms. The van der Waals surface area contributed by atoms with Crippen LogP contribution in [0.4, 0.5) is 0 Å². The average Bonchev–Trinajstić information content (AvgIpc) is 0.961. The number of carbonyl (C=O) groups excluding carboxylic acids is 8. The minimum absolute atomic E-state index is 0.233. The van der Waals surface area contributed by atoms with Gasteiger partial charge in [-0.1, -0.05) is 81.6 Å². The Morgan fingerprint density at radius 3 is 0.894 bits per heavy atom. The second-order valence-corrected chi connectivity index (χ2v) is 39.8. The summed E-state index contributed by atoms with van der Waals surface area (Å²) in [5, 5.41) is 0. The average molecular weight is 1460 g/mol. The molecule has 16 nitrogen and oxygen atoms in total. The molecule has 17 rings (SSSR count). The van der Waals surface area contributed by atoms with Crippen molar-refractivity contribution >= 4 is 47.8 Å². The number of esters is 8. The van der Waals surface area contributed by atoms with Crippen LogP contribution < -0.4 is 0 Å². The molecule has 17 aliphatic rings. The fourth-order valence-electron chi connectivity index (χ4n) is 24.4. The van der Waals surface area contributed by atoms with Crippen LogP contribution in [0.1, 0.15) is 323 Å². The number of hydrogen-bond donors (Lipinski definition) is 0. The van der Waals surface area contributed by atoms with Gasteiger partial charge < -0.3 is 37.9 Å². The van der Waals surface area contributed by atoms with E-state index in [0.29, 0.717) is 90.8 Å². The van der Waals surface area contributed by atoms with Crippen molar-refractivity contribution in [3.05, 3.63) is 0 Å². The van der Waals surface area contributed by atoms with Crippen LogP contribution in [-0.4, -0.2) is 96.6 Å². The van der Waals surface area contributed by atoms with Crippen LogP contribution in [0, 0.1) is 134 Å². The monoisotopic (exact) mass is 1460 g/mol. The molecule has 0 radical (unpaired) electrons. The molecule has 0 unspecified atom stereocenters. The molecular formula is C88H142O16. The second-order valence-electron chi connectivity index (χ2n) is 39.8. The summed E-state index contributed by atoms with van der Waals surface area (Å²) < 4.78 is 46.1. The Bertz CT molecular complexity index is 2880. The van der Waals surface area contributed by atoms with Crippen molar-refractivity contribution in [2.24, 2.45) is 134 Å². The molecule has 17 saturated carbocycles. The molecule has 16 bridgehead atoms. The minimum atomic E-state index is -0.557. The number of carbonyl (C=O) groups is 8. The molecule has 0 amide bonds. The zero-order valence-electron chi connectivity index (χ0n) is 68.0. The highest BCUT2D eigenvalue weighted by Gasteiger charge is 2.65. The number of hydrogen-bond acceptors (Lipinski definition) is 16. The Morgan fingerprint density at radius 1 is 0.337 bits per heavy atom. The summed E-state index contributed by atoms with van der Waals surface area (Å²) in [5.41, 5.74) is -3.46. The molecule has 0 aliphatic heterocycles. The third kappa shape index (κ3) is 17.5. The van der Waals surface area contributed by atoms with Gasteiger partial charge in [-0.05, 0) is 354 Å². The van der Waals surface area contributed by atoms with Gasteiger partial charge in [0.2, 0.25) is 0 Å². The maximum Gasteiger partial charge on any atom is 0.344 e. The lowest BCUT2D eigenvalue weighted by Gasteiger charge is -2.62. The lowest BCUT2D eigenvalue weighted by Crippen LogP contribution is -2.63.